The highest BCUT2D eigenvalue weighted by Gasteiger charge is 2.24. The van der Waals surface area contributed by atoms with Crippen LogP contribution in [0.2, 0.25) is 0 Å². The number of nitrogens with zero attached hydrogens (tertiary/aromatic N) is 3. The number of halogens is 1. The largest absolute Gasteiger partial charge is 0.495 e. The minimum atomic E-state index is -0.0630. The van der Waals surface area contributed by atoms with Crippen LogP contribution in [0.4, 0.5) is 5.13 Å². The van der Waals surface area contributed by atoms with Crippen LogP contribution < -0.4 is 14.4 Å². The maximum absolute atomic E-state index is 13.4. The van der Waals surface area contributed by atoms with Gasteiger partial charge in [0, 0.05) is 18.7 Å². The van der Waals surface area contributed by atoms with Gasteiger partial charge in [0.25, 0.3) is 5.91 Å². The van der Waals surface area contributed by atoms with E-state index < -0.39 is 0 Å². The topological polar surface area (TPSA) is 54.9 Å². The van der Waals surface area contributed by atoms with Crippen molar-refractivity contribution in [3.05, 3.63) is 47.0 Å². The summed E-state index contributed by atoms with van der Waals surface area (Å²) in [6.07, 6.45) is 0. The normalized spacial score (nSPS) is 10.8. The number of carbonyl (C=O) groups is 1. The van der Waals surface area contributed by atoms with Crippen molar-refractivity contribution in [1.29, 1.82) is 0 Å². The number of likely N-dealkylation sites (N-methyl/N-ethyl adjacent to an activating group) is 1. The number of methoxy groups -OCH3 is 2. The molecule has 162 valence electrons. The van der Waals surface area contributed by atoms with Crippen molar-refractivity contribution in [3.63, 3.8) is 0 Å². The summed E-state index contributed by atoms with van der Waals surface area (Å²) in [6, 6.07) is 9.49. The molecule has 0 unspecified atom stereocenters. The molecular weight excluding hydrogens is 422 g/mol. The van der Waals surface area contributed by atoms with Crippen molar-refractivity contribution in [2.24, 2.45) is 0 Å². The molecule has 0 saturated heterocycles. The van der Waals surface area contributed by atoms with Crippen LogP contribution in [0.5, 0.6) is 11.5 Å². The number of benzene rings is 2. The lowest BCUT2D eigenvalue weighted by molar-refractivity contribution is 0.0985. The van der Waals surface area contributed by atoms with Gasteiger partial charge in [-0.3, -0.25) is 9.69 Å². The van der Waals surface area contributed by atoms with Crippen LogP contribution in [0.1, 0.15) is 21.5 Å². The van der Waals surface area contributed by atoms with Gasteiger partial charge in [-0.2, -0.15) is 0 Å². The molecule has 1 heterocycles. The molecule has 0 bridgehead atoms. The fourth-order valence-electron chi connectivity index (χ4n) is 3.00. The van der Waals surface area contributed by atoms with Gasteiger partial charge in [-0.25, -0.2) is 4.98 Å². The third-order valence-electron chi connectivity index (χ3n) is 4.90. The molecule has 1 aromatic heterocycles. The molecule has 6 nitrogen and oxygen atoms in total. The Balaban J connectivity index is 0.00000320. The van der Waals surface area contributed by atoms with Gasteiger partial charge < -0.3 is 14.4 Å². The molecule has 0 radical (unpaired) electrons. The monoisotopic (exact) mass is 449 g/mol. The lowest BCUT2D eigenvalue weighted by atomic mass is 10.1. The van der Waals surface area contributed by atoms with Crippen LogP contribution in [0.3, 0.4) is 0 Å². The van der Waals surface area contributed by atoms with Crippen molar-refractivity contribution in [2.45, 2.75) is 13.8 Å². The maximum Gasteiger partial charge on any atom is 0.260 e. The number of carbonyl (C=O) groups excluding carboxylic acids is 1. The average Bonchev–Trinajstić information content (AvgIpc) is 3.14. The molecule has 0 saturated carbocycles. The van der Waals surface area contributed by atoms with Crippen molar-refractivity contribution >= 4 is 45.0 Å². The average molecular weight is 450 g/mol. The lowest BCUT2D eigenvalue weighted by Gasteiger charge is -2.22. The van der Waals surface area contributed by atoms with Gasteiger partial charge in [0.05, 0.1) is 14.2 Å². The number of ether oxygens (including phenoxy) is 2. The Morgan fingerprint density at radius 3 is 2.27 bits per heavy atom. The molecular formula is C22H28ClN3O3S. The molecule has 1 amide bonds. The highest BCUT2D eigenvalue weighted by molar-refractivity contribution is 7.22. The quantitative estimate of drug-likeness (QED) is 0.529. The number of aryl methyl sites for hydroxylation is 2. The number of hydrogen-bond acceptors (Lipinski definition) is 6. The van der Waals surface area contributed by atoms with Crippen molar-refractivity contribution < 1.29 is 14.3 Å². The zero-order valence-electron chi connectivity index (χ0n) is 18.2. The first-order valence-electron chi connectivity index (χ1n) is 9.41. The van der Waals surface area contributed by atoms with Gasteiger partial charge in [0.2, 0.25) is 0 Å². The van der Waals surface area contributed by atoms with Crippen LogP contribution in [-0.4, -0.2) is 57.2 Å². The molecule has 0 N–H and O–H groups in total. The zero-order valence-corrected chi connectivity index (χ0v) is 19.8. The van der Waals surface area contributed by atoms with Gasteiger partial charge in [-0.15, -0.1) is 12.4 Å². The van der Waals surface area contributed by atoms with E-state index in [9.17, 15) is 4.79 Å². The van der Waals surface area contributed by atoms with Crippen LogP contribution in [-0.2, 0) is 0 Å². The molecule has 0 aliphatic carbocycles. The number of fused-ring (bicyclic) bond motifs is 1. The maximum atomic E-state index is 13.4. The van der Waals surface area contributed by atoms with Gasteiger partial charge in [-0.1, -0.05) is 17.4 Å². The molecule has 2 aromatic carbocycles. The van der Waals surface area contributed by atoms with E-state index in [0.717, 1.165) is 28.1 Å². The van der Waals surface area contributed by atoms with E-state index >= 15 is 0 Å². The van der Waals surface area contributed by atoms with Crippen molar-refractivity contribution in [3.8, 4) is 11.5 Å². The van der Waals surface area contributed by atoms with Gasteiger partial charge in [0.1, 0.15) is 21.7 Å². The fraction of sp³-hybridized carbons (Fsp3) is 0.364. The molecule has 0 spiro atoms. The molecule has 3 aromatic rings. The first-order valence-corrected chi connectivity index (χ1v) is 10.2. The SMILES string of the molecule is COc1ccc(OC)c2sc(N(CCN(C)C)C(=O)c3ccc(C)c(C)c3)nc12.Cl. The summed E-state index contributed by atoms with van der Waals surface area (Å²) in [4.78, 5) is 22.0. The Morgan fingerprint density at radius 1 is 1.00 bits per heavy atom. The molecule has 30 heavy (non-hydrogen) atoms. The smallest absolute Gasteiger partial charge is 0.260 e. The number of aromatic nitrogens is 1. The molecule has 0 fully saturated rings. The minimum absolute atomic E-state index is 0. The Kier molecular flexibility index (Phi) is 8.06. The molecule has 0 aliphatic heterocycles. The van der Waals surface area contributed by atoms with Crippen molar-refractivity contribution in [2.75, 3.05) is 46.3 Å². The fourth-order valence-corrected chi connectivity index (χ4v) is 4.10. The third kappa shape index (κ3) is 4.86. The zero-order chi connectivity index (χ0) is 21.1. The predicted molar refractivity (Wildman–Crippen MR) is 126 cm³/mol. The Labute approximate surface area is 187 Å². The first kappa shape index (κ1) is 23.9. The van der Waals surface area contributed by atoms with E-state index in [4.69, 9.17) is 14.5 Å². The van der Waals surface area contributed by atoms with E-state index in [2.05, 4.69) is 4.90 Å². The summed E-state index contributed by atoms with van der Waals surface area (Å²) in [5.41, 5.74) is 3.62. The summed E-state index contributed by atoms with van der Waals surface area (Å²) >= 11 is 1.44. The Morgan fingerprint density at radius 2 is 1.67 bits per heavy atom. The van der Waals surface area contributed by atoms with E-state index in [1.54, 1.807) is 19.1 Å². The molecule has 8 heteroatoms. The van der Waals surface area contributed by atoms with Crippen LogP contribution in [0, 0.1) is 13.8 Å². The number of hydrogen-bond donors (Lipinski definition) is 0. The van der Waals surface area contributed by atoms with Gasteiger partial charge in [-0.05, 0) is 63.3 Å². The first-order chi connectivity index (χ1) is 13.8. The molecule has 3 rings (SSSR count). The summed E-state index contributed by atoms with van der Waals surface area (Å²) in [5, 5.41) is 0.632. The predicted octanol–water partition coefficient (Wildman–Crippen LogP) is 4.56. The Hall–Kier alpha value is -2.35. The standard InChI is InChI=1S/C22H27N3O3S.ClH/c1-14-7-8-16(13-15(14)2)21(26)25(12-11-24(3)4)22-23-19-17(27-5)9-10-18(28-6)20(19)29-22;/h7-10,13H,11-12H2,1-6H3;1H. The summed E-state index contributed by atoms with van der Waals surface area (Å²) in [5.74, 6) is 1.32. The minimum Gasteiger partial charge on any atom is -0.495 e. The number of rotatable bonds is 7. The highest BCUT2D eigenvalue weighted by Crippen LogP contribution is 2.40. The molecule has 0 aliphatic rings. The van der Waals surface area contributed by atoms with E-state index in [0.29, 0.717) is 28.5 Å². The summed E-state index contributed by atoms with van der Waals surface area (Å²) in [7, 11) is 7.22. The second-order valence-corrected chi connectivity index (χ2v) is 8.18. The van der Waals surface area contributed by atoms with Crippen molar-refractivity contribution in [1.82, 2.24) is 9.88 Å². The van der Waals surface area contributed by atoms with E-state index in [1.165, 1.54) is 11.3 Å². The van der Waals surface area contributed by atoms with Crippen LogP contribution in [0.25, 0.3) is 10.2 Å². The lowest BCUT2D eigenvalue weighted by Crippen LogP contribution is -2.36. The Bertz CT molecular complexity index is 995. The van der Waals surface area contributed by atoms with Gasteiger partial charge >= 0.3 is 0 Å². The van der Waals surface area contributed by atoms with E-state index in [-0.39, 0.29) is 18.3 Å². The summed E-state index contributed by atoms with van der Waals surface area (Å²) in [6.45, 7) is 5.31. The van der Waals surface area contributed by atoms with Gasteiger partial charge in [0.15, 0.2) is 5.13 Å². The second kappa shape index (κ2) is 10.1. The van der Waals surface area contributed by atoms with Crippen LogP contribution in [0.15, 0.2) is 30.3 Å². The number of anilines is 1. The van der Waals surface area contributed by atoms with Crippen LogP contribution >= 0.6 is 23.7 Å². The highest BCUT2D eigenvalue weighted by atomic mass is 35.5. The van der Waals surface area contributed by atoms with E-state index in [1.807, 2.05) is 58.3 Å². The number of thiazole rings is 1. The summed E-state index contributed by atoms with van der Waals surface area (Å²) < 4.78 is 11.8. The second-order valence-electron chi connectivity index (χ2n) is 7.20. The third-order valence-corrected chi connectivity index (χ3v) is 5.99. The molecule has 0 atom stereocenters. The number of amides is 1.